The summed E-state index contributed by atoms with van der Waals surface area (Å²) in [6.45, 7) is 4.90. The SMILES string of the molecule is CCNc1cc(C2CC2)nc2c(Cl)cc(C)c(Cl)c12. The van der Waals surface area contributed by atoms with E-state index in [9.17, 15) is 0 Å². The van der Waals surface area contributed by atoms with E-state index in [1.54, 1.807) is 0 Å². The third-order valence-corrected chi connectivity index (χ3v) is 4.31. The van der Waals surface area contributed by atoms with Gasteiger partial charge in [-0.25, -0.2) is 0 Å². The number of aryl methyl sites for hydroxylation is 1. The fraction of sp³-hybridized carbons (Fsp3) is 0.400. The van der Waals surface area contributed by atoms with Crippen molar-refractivity contribution in [2.24, 2.45) is 0 Å². The highest BCUT2D eigenvalue weighted by molar-refractivity contribution is 6.41. The van der Waals surface area contributed by atoms with Crippen LogP contribution in [-0.2, 0) is 0 Å². The van der Waals surface area contributed by atoms with Crippen molar-refractivity contribution in [1.82, 2.24) is 4.98 Å². The van der Waals surface area contributed by atoms with Crippen LogP contribution in [0.5, 0.6) is 0 Å². The normalized spacial score (nSPS) is 14.9. The predicted octanol–water partition coefficient (Wildman–Crippen LogP) is 5.16. The molecule has 19 heavy (non-hydrogen) atoms. The highest BCUT2D eigenvalue weighted by atomic mass is 35.5. The second-order valence-electron chi connectivity index (χ2n) is 5.11. The largest absolute Gasteiger partial charge is 0.385 e. The molecule has 4 heteroatoms. The number of nitrogens with one attached hydrogen (secondary N) is 1. The van der Waals surface area contributed by atoms with E-state index in [2.05, 4.69) is 18.3 Å². The maximum atomic E-state index is 6.45. The van der Waals surface area contributed by atoms with E-state index < -0.39 is 0 Å². The van der Waals surface area contributed by atoms with Crippen molar-refractivity contribution in [2.75, 3.05) is 11.9 Å². The number of hydrogen-bond acceptors (Lipinski definition) is 2. The van der Waals surface area contributed by atoms with E-state index >= 15 is 0 Å². The standard InChI is InChI=1S/C15H16Cl2N2/c1-3-18-12-7-11(9-4-5-9)19-15-10(16)6-8(2)14(17)13(12)15/h6-7,9H,3-5H2,1-2H3,(H,18,19). The fourth-order valence-electron chi connectivity index (χ4n) is 2.40. The lowest BCUT2D eigenvalue weighted by Crippen LogP contribution is -2.01. The highest BCUT2D eigenvalue weighted by Gasteiger charge is 2.27. The van der Waals surface area contributed by atoms with Crippen molar-refractivity contribution in [3.8, 4) is 0 Å². The van der Waals surface area contributed by atoms with Gasteiger partial charge in [-0.05, 0) is 44.4 Å². The second-order valence-corrected chi connectivity index (χ2v) is 5.90. The van der Waals surface area contributed by atoms with Gasteiger partial charge in [0.1, 0.15) is 0 Å². The molecule has 0 amide bonds. The average Bonchev–Trinajstić information content (AvgIpc) is 3.20. The number of pyridine rings is 1. The van der Waals surface area contributed by atoms with Crippen LogP contribution in [0.4, 0.5) is 5.69 Å². The van der Waals surface area contributed by atoms with Crippen LogP contribution in [0.15, 0.2) is 12.1 Å². The van der Waals surface area contributed by atoms with Gasteiger partial charge in [0, 0.05) is 29.2 Å². The number of anilines is 1. The molecule has 0 atom stereocenters. The number of nitrogens with zero attached hydrogens (tertiary/aromatic N) is 1. The molecule has 1 aliphatic rings. The van der Waals surface area contributed by atoms with Crippen LogP contribution < -0.4 is 5.32 Å². The predicted molar refractivity (Wildman–Crippen MR) is 82.6 cm³/mol. The minimum Gasteiger partial charge on any atom is -0.385 e. The molecule has 2 aromatic rings. The molecule has 0 spiro atoms. The lowest BCUT2D eigenvalue weighted by molar-refractivity contribution is 1.04. The number of fused-ring (bicyclic) bond motifs is 1. The van der Waals surface area contributed by atoms with Gasteiger partial charge in [-0.15, -0.1) is 0 Å². The summed E-state index contributed by atoms with van der Waals surface area (Å²) in [5.74, 6) is 0.595. The third kappa shape index (κ3) is 2.28. The molecule has 1 aromatic heterocycles. The molecular formula is C15H16Cl2N2. The van der Waals surface area contributed by atoms with Gasteiger partial charge in [0.05, 0.1) is 15.6 Å². The summed E-state index contributed by atoms with van der Waals surface area (Å²) < 4.78 is 0. The maximum absolute atomic E-state index is 6.45. The van der Waals surface area contributed by atoms with E-state index in [0.29, 0.717) is 10.9 Å². The molecule has 0 radical (unpaired) electrons. The first-order valence-corrected chi connectivity index (χ1v) is 7.40. The number of aromatic nitrogens is 1. The van der Waals surface area contributed by atoms with Gasteiger partial charge in [-0.2, -0.15) is 0 Å². The molecule has 0 aliphatic heterocycles. The van der Waals surface area contributed by atoms with Gasteiger partial charge >= 0.3 is 0 Å². The van der Waals surface area contributed by atoms with Crippen LogP contribution in [-0.4, -0.2) is 11.5 Å². The smallest absolute Gasteiger partial charge is 0.0927 e. The number of hydrogen-bond donors (Lipinski definition) is 1. The molecule has 2 nitrogen and oxygen atoms in total. The van der Waals surface area contributed by atoms with E-state index in [0.717, 1.165) is 39.4 Å². The van der Waals surface area contributed by atoms with Gasteiger partial charge in [-0.1, -0.05) is 23.2 Å². The molecule has 0 unspecified atom stereocenters. The topological polar surface area (TPSA) is 24.9 Å². The first-order valence-electron chi connectivity index (χ1n) is 6.65. The van der Waals surface area contributed by atoms with E-state index in [4.69, 9.17) is 28.2 Å². The van der Waals surface area contributed by atoms with Gasteiger partial charge in [0.15, 0.2) is 0 Å². The molecule has 0 bridgehead atoms. The summed E-state index contributed by atoms with van der Waals surface area (Å²) >= 11 is 12.8. The number of halogens is 2. The highest BCUT2D eigenvalue weighted by Crippen LogP contribution is 2.43. The van der Waals surface area contributed by atoms with E-state index in [-0.39, 0.29) is 0 Å². The van der Waals surface area contributed by atoms with Gasteiger partial charge in [-0.3, -0.25) is 4.98 Å². The minimum atomic E-state index is 0.595. The first kappa shape index (κ1) is 13.0. The van der Waals surface area contributed by atoms with Crippen LogP contribution in [0, 0.1) is 6.92 Å². The molecule has 100 valence electrons. The van der Waals surface area contributed by atoms with Crippen molar-refractivity contribution in [1.29, 1.82) is 0 Å². The van der Waals surface area contributed by atoms with Crippen molar-refractivity contribution in [3.05, 3.63) is 33.4 Å². The second kappa shape index (κ2) is 4.84. The number of rotatable bonds is 3. The molecule has 1 N–H and O–H groups in total. The Labute approximate surface area is 123 Å². The van der Waals surface area contributed by atoms with Crippen molar-refractivity contribution in [2.45, 2.75) is 32.6 Å². The summed E-state index contributed by atoms with van der Waals surface area (Å²) in [6, 6.07) is 4.02. The molecule has 3 rings (SSSR count). The molecule has 1 aliphatic carbocycles. The van der Waals surface area contributed by atoms with Crippen LogP contribution in [0.3, 0.4) is 0 Å². The molecule has 0 saturated heterocycles. The van der Waals surface area contributed by atoms with Gasteiger partial charge in [0.2, 0.25) is 0 Å². The summed E-state index contributed by atoms with van der Waals surface area (Å²) in [6.07, 6.45) is 2.45. The zero-order valence-electron chi connectivity index (χ0n) is 11.1. The van der Waals surface area contributed by atoms with Crippen LogP contribution >= 0.6 is 23.2 Å². The summed E-state index contributed by atoms with van der Waals surface area (Å²) in [5, 5.41) is 5.75. The Bertz CT molecular complexity index is 648. The Morgan fingerprint density at radius 3 is 2.68 bits per heavy atom. The Morgan fingerprint density at radius 1 is 1.32 bits per heavy atom. The van der Waals surface area contributed by atoms with Crippen LogP contribution in [0.25, 0.3) is 10.9 Å². The van der Waals surface area contributed by atoms with E-state index in [1.807, 2.05) is 13.0 Å². The molecule has 1 aromatic carbocycles. The lowest BCUT2D eigenvalue weighted by atomic mass is 10.1. The van der Waals surface area contributed by atoms with E-state index in [1.165, 1.54) is 12.8 Å². The van der Waals surface area contributed by atoms with Crippen LogP contribution in [0.1, 0.15) is 36.9 Å². The molecule has 1 saturated carbocycles. The Kier molecular flexibility index (Phi) is 3.32. The van der Waals surface area contributed by atoms with Crippen molar-refractivity contribution >= 4 is 39.8 Å². The quantitative estimate of drug-likeness (QED) is 0.846. The van der Waals surface area contributed by atoms with Crippen LogP contribution in [0.2, 0.25) is 10.0 Å². The molecule has 1 heterocycles. The van der Waals surface area contributed by atoms with Gasteiger partial charge in [0.25, 0.3) is 0 Å². The van der Waals surface area contributed by atoms with Gasteiger partial charge < -0.3 is 5.32 Å². The molecule has 1 fully saturated rings. The number of benzene rings is 1. The monoisotopic (exact) mass is 294 g/mol. The Balaban J connectivity index is 2.33. The maximum Gasteiger partial charge on any atom is 0.0927 e. The fourth-order valence-corrected chi connectivity index (χ4v) is 2.94. The third-order valence-electron chi connectivity index (χ3n) is 3.54. The minimum absolute atomic E-state index is 0.595. The lowest BCUT2D eigenvalue weighted by Gasteiger charge is -2.14. The van der Waals surface area contributed by atoms with Crippen molar-refractivity contribution in [3.63, 3.8) is 0 Å². The zero-order valence-corrected chi connectivity index (χ0v) is 12.6. The average molecular weight is 295 g/mol. The van der Waals surface area contributed by atoms with Crippen molar-refractivity contribution < 1.29 is 0 Å². The Morgan fingerprint density at radius 2 is 2.05 bits per heavy atom. The zero-order chi connectivity index (χ0) is 13.6. The summed E-state index contributed by atoms with van der Waals surface area (Å²) in [5.41, 5.74) is 3.98. The molecular weight excluding hydrogens is 279 g/mol. The summed E-state index contributed by atoms with van der Waals surface area (Å²) in [7, 11) is 0. The first-order chi connectivity index (χ1) is 9.11. The summed E-state index contributed by atoms with van der Waals surface area (Å²) in [4.78, 5) is 4.73. The Hall–Kier alpha value is -0.990.